The number of nitrogens with zero attached hydrogens (tertiary/aromatic N) is 3. The summed E-state index contributed by atoms with van der Waals surface area (Å²) in [6, 6.07) is 12.0. The van der Waals surface area contributed by atoms with Crippen LogP contribution < -0.4 is 5.32 Å². The topological polar surface area (TPSA) is 59.8 Å². The van der Waals surface area contributed by atoms with Crippen molar-refractivity contribution in [3.8, 4) is 5.69 Å². The summed E-state index contributed by atoms with van der Waals surface area (Å²) in [5, 5.41) is 7.82. The SMILES string of the molecule is CCC(C[C@H]1CCC2=Cc3c(cnn3-c3ccc(F)cc3)C[C@@]21C)NC(=O)c1ccccn1. The third kappa shape index (κ3) is 3.99. The number of rotatable bonds is 6. The molecular weight excluding hydrogens is 415 g/mol. The number of nitrogens with one attached hydrogen (secondary N) is 1. The zero-order valence-electron chi connectivity index (χ0n) is 19.1. The van der Waals surface area contributed by atoms with Gasteiger partial charge in [0.15, 0.2) is 0 Å². The van der Waals surface area contributed by atoms with Crippen LogP contribution in [0.2, 0.25) is 0 Å². The fourth-order valence-electron chi connectivity index (χ4n) is 5.53. The highest BCUT2D eigenvalue weighted by molar-refractivity contribution is 5.92. The van der Waals surface area contributed by atoms with Crippen LogP contribution in [0.25, 0.3) is 11.8 Å². The molecule has 2 heterocycles. The number of halogens is 1. The first-order valence-electron chi connectivity index (χ1n) is 11.7. The standard InChI is InChI=1S/C27H29FN4O/c1-3-22(31-26(33)24-6-4-5-13-29-24)14-19-7-8-20-15-25-18(16-27(19,20)2)17-30-32(25)23-11-9-21(28)10-12-23/h4-6,9-13,15,17,19,22H,3,7-8,14,16H2,1-2H3,(H,31,33)/t19-,22?,27-/m1/s1. The summed E-state index contributed by atoms with van der Waals surface area (Å²) in [6.07, 6.45) is 10.8. The van der Waals surface area contributed by atoms with Crippen molar-refractivity contribution in [3.63, 3.8) is 0 Å². The van der Waals surface area contributed by atoms with E-state index >= 15 is 0 Å². The lowest BCUT2D eigenvalue weighted by atomic mass is 9.68. The molecule has 6 heteroatoms. The lowest BCUT2D eigenvalue weighted by Gasteiger charge is -2.37. The van der Waals surface area contributed by atoms with Gasteiger partial charge < -0.3 is 5.32 Å². The molecule has 0 radical (unpaired) electrons. The molecule has 3 atom stereocenters. The smallest absolute Gasteiger partial charge is 0.270 e. The van der Waals surface area contributed by atoms with Gasteiger partial charge in [-0.25, -0.2) is 9.07 Å². The van der Waals surface area contributed by atoms with Crippen LogP contribution in [0.15, 0.2) is 60.4 Å². The Kier molecular flexibility index (Phi) is 5.60. The summed E-state index contributed by atoms with van der Waals surface area (Å²) in [7, 11) is 0. The first kappa shape index (κ1) is 21.6. The minimum atomic E-state index is -0.245. The zero-order chi connectivity index (χ0) is 23.0. The Hall–Kier alpha value is -3.28. The Labute approximate surface area is 193 Å². The van der Waals surface area contributed by atoms with Crippen LogP contribution in [0.3, 0.4) is 0 Å². The van der Waals surface area contributed by atoms with Gasteiger partial charge in [-0.1, -0.05) is 25.5 Å². The van der Waals surface area contributed by atoms with Gasteiger partial charge in [-0.2, -0.15) is 5.10 Å². The number of carbonyl (C=O) groups is 1. The van der Waals surface area contributed by atoms with Gasteiger partial charge in [0.25, 0.3) is 5.91 Å². The maximum Gasteiger partial charge on any atom is 0.270 e. The molecule has 2 aromatic heterocycles. The molecule has 0 saturated heterocycles. The normalized spacial score (nSPS) is 22.3. The molecule has 0 aliphatic heterocycles. The third-order valence-corrected chi connectivity index (χ3v) is 7.52. The largest absolute Gasteiger partial charge is 0.348 e. The average Bonchev–Trinajstić information content (AvgIpc) is 3.37. The number of hydrogen-bond donors (Lipinski definition) is 1. The van der Waals surface area contributed by atoms with Crippen molar-refractivity contribution in [2.75, 3.05) is 0 Å². The van der Waals surface area contributed by atoms with Crippen molar-refractivity contribution < 1.29 is 9.18 Å². The molecule has 5 nitrogen and oxygen atoms in total. The first-order valence-corrected chi connectivity index (χ1v) is 11.7. The van der Waals surface area contributed by atoms with E-state index in [0.29, 0.717) is 11.6 Å². The van der Waals surface area contributed by atoms with Crippen molar-refractivity contribution in [2.24, 2.45) is 11.3 Å². The molecule has 2 aliphatic rings. The van der Waals surface area contributed by atoms with Crippen LogP contribution >= 0.6 is 0 Å². The van der Waals surface area contributed by atoms with E-state index in [1.807, 2.05) is 23.0 Å². The maximum absolute atomic E-state index is 13.4. The first-order chi connectivity index (χ1) is 16.0. The molecule has 33 heavy (non-hydrogen) atoms. The van der Waals surface area contributed by atoms with E-state index in [-0.39, 0.29) is 23.2 Å². The van der Waals surface area contributed by atoms with Gasteiger partial charge >= 0.3 is 0 Å². The molecule has 1 N–H and O–H groups in total. The van der Waals surface area contributed by atoms with Crippen molar-refractivity contribution in [1.29, 1.82) is 0 Å². The number of allylic oxidation sites excluding steroid dienone is 1. The second-order valence-electron chi connectivity index (χ2n) is 9.47. The van der Waals surface area contributed by atoms with Crippen LogP contribution in [0, 0.1) is 17.2 Å². The van der Waals surface area contributed by atoms with Crippen molar-refractivity contribution >= 4 is 12.0 Å². The molecule has 0 bridgehead atoms. The van der Waals surface area contributed by atoms with Crippen LogP contribution in [0.4, 0.5) is 4.39 Å². The number of pyridine rings is 1. The zero-order valence-corrected chi connectivity index (χ0v) is 19.1. The molecule has 1 unspecified atom stereocenters. The van der Waals surface area contributed by atoms with Gasteiger partial charge in [-0.15, -0.1) is 0 Å². The number of amides is 1. The van der Waals surface area contributed by atoms with Gasteiger partial charge in [0.2, 0.25) is 0 Å². The number of aromatic nitrogens is 3. The van der Waals surface area contributed by atoms with Crippen LogP contribution in [0.1, 0.15) is 61.3 Å². The van der Waals surface area contributed by atoms with Gasteiger partial charge in [-0.3, -0.25) is 9.78 Å². The summed E-state index contributed by atoms with van der Waals surface area (Å²) >= 11 is 0. The number of fused-ring (bicyclic) bond motifs is 2. The van der Waals surface area contributed by atoms with Crippen LogP contribution in [-0.2, 0) is 6.42 Å². The number of benzene rings is 1. The van der Waals surface area contributed by atoms with E-state index in [2.05, 4.69) is 35.3 Å². The molecule has 2 aliphatic carbocycles. The minimum absolute atomic E-state index is 0.0623. The van der Waals surface area contributed by atoms with Gasteiger partial charge in [0.05, 0.1) is 17.6 Å². The molecule has 1 saturated carbocycles. The minimum Gasteiger partial charge on any atom is -0.348 e. The molecule has 1 aromatic carbocycles. The highest BCUT2D eigenvalue weighted by atomic mass is 19.1. The fraction of sp³-hybridized carbons (Fsp3) is 0.370. The predicted octanol–water partition coefficient (Wildman–Crippen LogP) is 5.36. The van der Waals surface area contributed by atoms with Gasteiger partial charge in [0, 0.05) is 12.2 Å². The monoisotopic (exact) mass is 444 g/mol. The van der Waals surface area contributed by atoms with E-state index in [4.69, 9.17) is 0 Å². The molecule has 170 valence electrons. The second kappa shape index (κ2) is 8.58. The Morgan fingerprint density at radius 3 is 2.82 bits per heavy atom. The molecule has 1 fully saturated rings. The molecule has 3 aromatic rings. The Balaban J connectivity index is 1.34. The van der Waals surface area contributed by atoms with Crippen molar-refractivity contribution in [3.05, 3.63) is 83.2 Å². The highest BCUT2D eigenvalue weighted by Gasteiger charge is 2.46. The quantitative estimate of drug-likeness (QED) is 0.557. The molecular formula is C27H29FN4O. The van der Waals surface area contributed by atoms with Gasteiger partial charge in [-0.05, 0) is 91.5 Å². The molecule has 0 spiro atoms. The summed E-state index contributed by atoms with van der Waals surface area (Å²) in [4.78, 5) is 16.8. The van der Waals surface area contributed by atoms with E-state index < -0.39 is 0 Å². The summed E-state index contributed by atoms with van der Waals surface area (Å²) < 4.78 is 15.3. The Morgan fingerprint density at radius 1 is 1.27 bits per heavy atom. The third-order valence-electron chi connectivity index (χ3n) is 7.52. The van der Waals surface area contributed by atoms with Gasteiger partial charge in [0.1, 0.15) is 11.5 Å². The average molecular weight is 445 g/mol. The van der Waals surface area contributed by atoms with E-state index in [9.17, 15) is 9.18 Å². The summed E-state index contributed by atoms with van der Waals surface area (Å²) in [6.45, 7) is 4.49. The van der Waals surface area contributed by atoms with Crippen LogP contribution in [0.5, 0.6) is 0 Å². The molecule has 5 rings (SSSR count). The van der Waals surface area contributed by atoms with Crippen molar-refractivity contribution in [2.45, 2.75) is 52.0 Å². The van der Waals surface area contributed by atoms with E-state index in [1.165, 1.54) is 23.3 Å². The second-order valence-corrected chi connectivity index (χ2v) is 9.47. The summed E-state index contributed by atoms with van der Waals surface area (Å²) in [5.74, 6) is 0.137. The maximum atomic E-state index is 13.4. The Morgan fingerprint density at radius 2 is 2.09 bits per heavy atom. The highest BCUT2D eigenvalue weighted by Crippen LogP contribution is 2.54. The lowest BCUT2D eigenvalue weighted by Crippen LogP contribution is -2.39. The van der Waals surface area contributed by atoms with Crippen molar-refractivity contribution in [1.82, 2.24) is 20.1 Å². The van der Waals surface area contributed by atoms with E-state index in [0.717, 1.165) is 43.5 Å². The lowest BCUT2D eigenvalue weighted by molar-refractivity contribution is 0.0917. The predicted molar refractivity (Wildman–Crippen MR) is 126 cm³/mol. The van der Waals surface area contributed by atoms with E-state index in [1.54, 1.807) is 24.4 Å². The van der Waals surface area contributed by atoms with Crippen LogP contribution in [-0.4, -0.2) is 26.7 Å². The summed E-state index contributed by atoms with van der Waals surface area (Å²) in [5.41, 5.74) is 5.18. The fourth-order valence-corrected chi connectivity index (χ4v) is 5.53. The number of hydrogen-bond acceptors (Lipinski definition) is 3. The molecule has 1 amide bonds. The number of carbonyl (C=O) groups excluding carboxylic acids is 1. The Bertz CT molecular complexity index is 1180.